The average Bonchev–Trinajstić information content (AvgIpc) is 1.83. The Kier molecular flexibility index (Phi) is 3.48. The molecule has 0 spiro atoms. The van der Waals surface area contributed by atoms with Gasteiger partial charge in [-0.2, -0.15) is 0 Å². The van der Waals surface area contributed by atoms with Crippen LogP contribution < -0.4 is 0 Å². The molecule has 3 unspecified atom stereocenters. The first-order valence-electron chi connectivity index (χ1n) is 2.58. The monoisotopic (exact) mass is 262 g/mol. The summed E-state index contributed by atoms with van der Waals surface area (Å²) in [6.45, 7) is 0. The maximum absolute atomic E-state index is 10.3. The summed E-state index contributed by atoms with van der Waals surface area (Å²) in [5, 5.41) is 25.8. The average molecular weight is 262 g/mol. The van der Waals surface area contributed by atoms with Crippen molar-refractivity contribution in [1.82, 2.24) is 0 Å². The number of carboxylic acid groups (broad SMARTS) is 1. The third-order valence-corrected chi connectivity index (χ3v) is 3.85. The van der Waals surface area contributed by atoms with Gasteiger partial charge >= 0.3 is 75.1 Å². The summed E-state index contributed by atoms with van der Waals surface area (Å²) in [5.74, 6) is -4.47. The number of aliphatic hydroxyl groups is 2. The Morgan fingerprint density at radius 3 is 1.92 bits per heavy atom. The molecule has 12 heavy (non-hydrogen) atoms. The van der Waals surface area contributed by atoms with Gasteiger partial charge in [0, 0.05) is 0 Å². The topological polar surface area (TPSA) is 135 Å². The van der Waals surface area contributed by atoms with Crippen LogP contribution in [0, 0.1) is 0 Å². The molecule has 0 saturated heterocycles. The number of carbonyl (C=O) groups is 1. The Hall–Kier alpha value is 0.0984. The first-order chi connectivity index (χ1) is 5.10. The predicted molar refractivity (Wildman–Crippen MR) is 39.2 cm³/mol. The van der Waals surface area contributed by atoms with E-state index in [1.165, 1.54) is 0 Å². The van der Waals surface area contributed by atoms with Crippen molar-refractivity contribution < 1.29 is 34.5 Å². The molecule has 0 amide bonds. The SMILES string of the molecule is O=C(O)C(O)([AsH2])C(O)P(=O)(O)O. The summed E-state index contributed by atoms with van der Waals surface area (Å²) in [6, 6.07) is 0. The number of hydrogen-bond donors (Lipinski definition) is 5. The summed E-state index contributed by atoms with van der Waals surface area (Å²) >= 11 is 0.108. The molecule has 0 aliphatic heterocycles. The van der Waals surface area contributed by atoms with Crippen molar-refractivity contribution in [3.63, 3.8) is 0 Å². The standard InChI is InChI=1S/C3H8AsO7P/c4-3(8,1(5)6)2(7)12(9,10)11/h2,7-8H,4H2,(H,5,6)(H2,9,10,11). The van der Waals surface area contributed by atoms with E-state index in [1.807, 2.05) is 0 Å². The van der Waals surface area contributed by atoms with Crippen LogP contribution in [0.4, 0.5) is 0 Å². The second kappa shape index (κ2) is 3.46. The number of aliphatic carboxylic acids is 1. The fourth-order valence-electron chi connectivity index (χ4n) is 0.367. The molecule has 5 N–H and O–H groups in total. The molecule has 0 heterocycles. The summed E-state index contributed by atoms with van der Waals surface area (Å²) in [7, 11) is -4.99. The van der Waals surface area contributed by atoms with Crippen LogP contribution in [0.5, 0.6) is 0 Å². The summed E-state index contributed by atoms with van der Waals surface area (Å²) in [6.07, 6.45) is 0. The van der Waals surface area contributed by atoms with Crippen molar-refractivity contribution in [2.75, 3.05) is 0 Å². The molecule has 7 nitrogen and oxygen atoms in total. The van der Waals surface area contributed by atoms with Crippen molar-refractivity contribution in [1.29, 1.82) is 0 Å². The zero-order valence-corrected chi connectivity index (χ0v) is 8.97. The first-order valence-corrected chi connectivity index (χ1v) is 5.47. The number of hydrogen-bond acceptors (Lipinski definition) is 4. The van der Waals surface area contributed by atoms with Crippen molar-refractivity contribution in [3.8, 4) is 0 Å². The molecule has 3 atom stereocenters. The molecule has 72 valence electrons. The van der Waals surface area contributed by atoms with E-state index < -0.39 is 23.8 Å². The van der Waals surface area contributed by atoms with Gasteiger partial charge in [-0.3, -0.25) is 0 Å². The molecule has 0 bridgehead atoms. The minimum absolute atomic E-state index is 0.108. The van der Waals surface area contributed by atoms with Gasteiger partial charge in [-0.15, -0.1) is 0 Å². The fourth-order valence-corrected chi connectivity index (χ4v) is 2.21. The van der Waals surface area contributed by atoms with E-state index in [9.17, 15) is 9.36 Å². The van der Waals surface area contributed by atoms with E-state index in [1.54, 1.807) is 0 Å². The predicted octanol–water partition coefficient (Wildman–Crippen LogP) is -3.11. The van der Waals surface area contributed by atoms with Gasteiger partial charge in [0.25, 0.3) is 0 Å². The van der Waals surface area contributed by atoms with Crippen LogP contribution in [0.25, 0.3) is 0 Å². The Morgan fingerprint density at radius 1 is 1.50 bits per heavy atom. The van der Waals surface area contributed by atoms with E-state index >= 15 is 0 Å². The zero-order chi connectivity index (χ0) is 10.2. The van der Waals surface area contributed by atoms with Crippen LogP contribution in [-0.4, -0.2) is 58.2 Å². The summed E-state index contributed by atoms with van der Waals surface area (Å²) in [4.78, 5) is 26.8. The van der Waals surface area contributed by atoms with Crippen LogP contribution >= 0.6 is 7.60 Å². The number of rotatable bonds is 3. The van der Waals surface area contributed by atoms with Crippen molar-refractivity contribution in [2.45, 2.75) is 10.2 Å². The second-order valence-electron chi connectivity index (χ2n) is 2.09. The second-order valence-corrected chi connectivity index (χ2v) is 5.61. The maximum atomic E-state index is 10.3. The van der Waals surface area contributed by atoms with Gasteiger partial charge in [-0.25, -0.2) is 0 Å². The van der Waals surface area contributed by atoms with Crippen LogP contribution in [0.1, 0.15) is 0 Å². The van der Waals surface area contributed by atoms with E-state index in [2.05, 4.69) is 0 Å². The van der Waals surface area contributed by atoms with Crippen LogP contribution in [0.2, 0.25) is 0 Å². The van der Waals surface area contributed by atoms with Gasteiger partial charge in [0.05, 0.1) is 0 Å². The van der Waals surface area contributed by atoms with E-state index in [0.29, 0.717) is 0 Å². The third-order valence-electron chi connectivity index (χ3n) is 1.05. The Balaban J connectivity index is 4.82. The molecule has 0 aromatic rings. The normalized spacial score (nSPS) is 19.8. The first kappa shape index (κ1) is 12.1. The molecule has 0 aliphatic rings. The van der Waals surface area contributed by atoms with Crippen LogP contribution in [0.3, 0.4) is 0 Å². The van der Waals surface area contributed by atoms with Gasteiger partial charge in [-0.05, 0) is 0 Å². The molecular formula is C3H8AsO7P. The molecule has 0 aromatic heterocycles. The van der Waals surface area contributed by atoms with Crippen molar-refractivity contribution >= 4 is 30.4 Å². The Morgan fingerprint density at radius 2 is 1.83 bits per heavy atom. The molecule has 0 aliphatic carbocycles. The fraction of sp³-hybridized carbons (Fsp3) is 0.667. The quantitative estimate of drug-likeness (QED) is 0.268. The third kappa shape index (κ3) is 2.55. The van der Waals surface area contributed by atoms with E-state index in [4.69, 9.17) is 25.1 Å². The summed E-state index contributed by atoms with van der Waals surface area (Å²) < 4.78 is 7.53. The number of aliphatic hydroxyl groups excluding tert-OH is 1. The Labute approximate surface area is 75.7 Å². The van der Waals surface area contributed by atoms with Crippen molar-refractivity contribution in [2.24, 2.45) is 0 Å². The van der Waals surface area contributed by atoms with E-state index in [-0.39, 0.29) is 16.9 Å². The molecule has 0 rings (SSSR count). The minimum atomic E-state index is -4.99. The van der Waals surface area contributed by atoms with Gasteiger partial charge in [0.2, 0.25) is 0 Å². The molecule has 0 radical (unpaired) electrons. The molecule has 0 aromatic carbocycles. The zero-order valence-electron chi connectivity index (χ0n) is 5.65. The molecule has 9 heteroatoms. The van der Waals surface area contributed by atoms with E-state index in [0.717, 1.165) is 0 Å². The van der Waals surface area contributed by atoms with Gasteiger partial charge in [0.1, 0.15) is 0 Å². The molecule has 0 fully saturated rings. The van der Waals surface area contributed by atoms with Crippen LogP contribution in [-0.2, 0) is 9.36 Å². The molecule has 0 saturated carbocycles. The van der Waals surface area contributed by atoms with Gasteiger partial charge < -0.3 is 0 Å². The van der Waals surface area contributed by atoms with Crippen LogP contribution in [0.15, 0.2) is 0 Å². The van der Waals surface area contributed by atoms with Gasteiger partial charge in [-0.1, -0.05) is 0 Å². The number of carboxylic acids is 1. The Bertz CT molecular complexity index is 231. The van der Waals surface area contributed by atoms with Crippen molar-refractivity contribution in [3.05, 3.63) is 0 Å². The summed E-state index contributed by atoms with van der Waals surface area (Å²) in [5.41, 5.74) is 0. The molecular weight excluding hydrogens is 254 g/mol. The van der Waals surface area contributed by atoms with Gasteiger partial charge in [0.15, 0.2) is 0 Å².